The van der Waals surface area contributed by atoms with Gasteiger partial charge in [-0.25, -0.2) is 4.79 Å². The molecule has 0 saturated heterocycles. The Kier molecular flexibility index (Phi) is 4.81. The van der Waals surface area contributed by atoms with Crippen LogP contribution in [-0.2, 0) is 4.74 Å². The number of ether oxygens (including phenoxy) is 1. The molecule has 4 aliphatic carbocycles. The maximum atomic E-state index is 13.0. The molecule has 0 bridgehead atoms. The molecule has 1 aromatic rings. The third-order valence-electron chi connectivity index (χ3n) is 9.68. The van der Waals surface area contributed by atoms with Gasteiger partial charge in [0.05, 0.1) is 11.7 Å². The molecule has 0 unspecified atom stereocenters. The standard InChI is InChI=1S/C26H36O3/c1-25-12-6-9-20(25)23-21(11-13-25)26(2)14-10-19(27)15-18(26)16-22(23)29-24(28)17-7-4-3-5-8-17/h3-5,7-8,18-23,27H,6,9-16H2,1-2H3/t18-,19-,20-,21+,22-,23+,25-,26-/m1/s1. The highest BCUT2D eigenvalue weighted by molar-refractivity contribution is 5.89. The second-order valence-electron chi connectivity index (χ2n) is 11.1. The molecule has 0 aromatic heterocycles. The van der Waals surface area contributed by atoms with E-state index in [0.29, 0.717) is 40.1 Å². The first-order valence-corrected chi connectivity index (χ1v) is 11.8. The van der Waals surface area contributed by atoms with Crippen molar-refractivity contribution >= 4 is 5.97 Å². The average Bonchev–Trinajstić information content (AvgIpc) is 3.11. The molecule has 4 saturated carbocycles. The third kappa shape index (κ3) is 3.15. The van der Waals surface area contributed by atoms with E-state index in [-0.39, 0.29) is 18.2 Å². The molecule has 0 radical (unpaired) electrons. The molecule has 158 valence electrons. The van der Waals surface area contributed by atoms with Crippen LogP contribution in [0.25, 0.3) is 0 Å². The van der Waals surface area contributed by atoms with Gasteiger partial charge in [0.1, 0.15) is 6.10 Å². The Balaban J connectivity index is 1.48. The summed E-state index contributed by atoms with van der Waals surface area (Å²) in [7, 11) is 0. The normalized spacial score (nSPS) is 46.3. The SMILES string of the molecule is C[C@]12CCC[C@@H]1[C@@H]1[C@H](OC(=O)c3ccccc3)C[C@H]3C[C@H](O)CC[C@@]3(C)[C@H]1CC2. The van der Waals surface area contributed by atoms with E-state index in [1.54, 1.807) is 0 Å². The average molecular weight is 397 g/mol. The number of aliphatic hydroxyl groups is 1. The molecule has 0 spiro atoms. The first kappa shape index (κ1) is 19.6. The Labute approximate surface area is 175 Å². The van der Waals surface area contributed by atoms with Crippen LogP contribution in [0, 0.1) is 34.5 Å². The molecule has 3 nitrogen and oxygen atoms in total. The fraction of sp³-hybridized carbons (Fsp3) is 0.731. The van der Waals surface area contributed by atoms with Gasteiger partial charge in [-0.1, -0.05) is 38.5 Å². The lowest BCUT2D eigenvalue weighted by molar-refractivity contribution is -0.169. The number of fused-ring (bicyclic) bond motifs is 5. The summed E-state index contributed by atoms with van der Waals surface area (Å²) in [6, 6.07) is 9.47. The fourth-order valence-corrected chi connectivity index (χ4v) is 8.07. The molecule has 0 heterocycles. The maximum Gasteiger partial charge on any atom is 0.338 e. The Morgan fingerprint density at radius 1 is 1.00 bits per heavy atom. The van der Waals surface area contributed by atoms with Crippen LogP contribution in [0.1, 0.15) is 82.0 Å². The van der Waals surface area contributed by atoms with E-state index in [2.05, 4.69) is 13.8 Å². The zero-order valence-corrected chi connectivity index (χ0v) is 18.0. The van der Waals surface area contributed by atoms with Crippen LogP contribution in [-0.4, -0.2) is 23.3 Å². The van der Waals surface area contributed by atoms with Gasteiger partial charge in [-0.3, -0.25) is 0 Å². The highest BCUT2D eigenvalue weighted by Gasteiger charge is 2.61. The fourth-order valence-electron chi connectivity index (χ4n) is 8.07. The van der Waals surface area contributed by atoms with E-state index >= 15 is 0 Å². The first-order chi connectivity index (χ1) is 13.9. The summed E-state index contributed by atoms with van der Waals surface area (Å²) in [5.41, 5.74) is 1.38. The minimum Gasteiger partial charge on any atom is -0.458 e. The second-order valence-corrected chi connectivity index (χ2v) is 11.1. The number of hydrogen-bond donors (Lipinski definition) is 1. The highest BCUT2D eigenvalue weighted by Crippen LogP contribution is 2.66. The monoisotopic (exact) mass is 396 g/mol. The van der Waals surface area contributed by atoms with Crippen molar-refractivity contribution in [3.05, 3.63) is 35.9 Å². The van der Waals surface area contributed by atoms with Gasteiger partial charge in [0.2, 0.25) is 0 Å². The van der Waals surface area contributed by atoms with Crippen molar-refractivity contribution in [1.82, 2.24) is 0 Å². The smallest absolute Gasteiger partial charge is 0.338 e. The van der Waals surface area contributed by atoms with E-state index in [1.165, 1.54) is 32.1 Å². The Hall–Kier alpha value is -1.35. The molecule has 29 heavy (non-hydrogen) atoms. The van der Waals surface area contributed by atoms with E-state index < -0.39 is 0 Å². The number of esters is 1. The summed E-state index contributed by atoms with van der Waals surface area (Å²) in [6.07, 6.45) is 10.2. The van der Waals surface area contributed by atoms with Gasteiger partial charge in [-0.15, -0.1) is 0 Å². The van der Waals surface area contributed by atoms with Gasteiger partial charge in [0.25, 0.3) is 0 Å². The third-order valence-corrected chi connectivity index (χ3v) is 9.68. The largest absolute Gasteiger partial charge is 0.458 e. The van der Waals surface area contributed by atoms with Gasteiger partial charge in [-0.05, 0) is 92.1 Å². The van der Waals surface area contributed by atoms with Gasteiger partial charge in [0, 0.05) is 5.92 Å². The van der Waals surface area contributed by atoms with Crippen LogP contribution in [0.2, 0.25) is 0 Å². The van der Waals surface area contributed by atoms with Crippen molar-refractivity contribution in [2.24, 2.45) is 34.5 Å². The molecule has 4 aliphatic rings. The zero-order valence-electron chi connectivity index (χ0n) is 18.0. The van der Waals surface area contributed by atoms with E-state index in [4.69, 9.17) is 4.74 Å². The second kappa shape index (κ2) is 7.11. The van der Waals surface area contributed by atoms with Gasteiger partial charge in [0.15, 0.2) is 0 Å². The first-order valence-electron chi connectivity index (χ1n) is 11.8. The van der Waals surface area contributed by atoms with E-state index in [1.807, 2.05) is 30.3 Å². The Morgan fingerprint density at radius 2 is 1.79 bits per heavy atom. The summed E-state index contributed by atoms with van der Waals surface area (Å²) in [5, 5.41) is 10.4. The topological polar surface area (TPSA) is 46.5 Å². The molecule has 3 heteroatoms. The van der Waals surface area contributed by atoms with Crippen LogP contribution < -0.4 is 0 Å². The van der Waals surface area contributed by atoms with Crippen LogP contribution in [0.15, 0.2) is 30.3 Å². The number of rotatable bonds is 2. The molecule has 8 atom stereocenters. The van der Waals surface area contributed by atoms with Gasteiger partial charge < -0.3 is 9.84 Å². The lowest BCUT2D eigenvalue weighted by Gasteiger charge is -2.62. The maximum absolute atomic E-state index is 13.0. The van der Waals surface area contributed by atoms with Crippen molar-refractivity contribution in [3.8, 4) is 0 Å². The molecule has 0 amide bonds. The number of carbonyl (C=O) groups excluding carboxylic acids is 1. The number of carbonyl (C=O) groups is 1. The van der Waals surface area contributed by atoms with E-state index in [0.717, 1.165) is 25.7 Å². The zero-order chi connectivity index (χ0) is 20.2. The predicted molar refractivity (Wildman–Crippen MR) is 113 cm³/mol. The van der Waals surface area contributed by atoms with Crippen LogP contribution >= 0.6 is 0 Å². The number of hydrogen-bond acceptors (Lipinski definition) is 3. The summed E-state index contributed by atoms with van der Waals surface area (Å²) in [6.45, 7) is 4.99. The predicted octanol–water partition coefficient (Wildman–Crippen LogP) is 5.62. The number of benzene rings is 1. The summed E-state index contributed by atoms with van der Waals surface area (Å²) >= 11 is 0. The van der Waals surface area contributed by atoms with Gasteiger partial charge in [-0.2, -0.15) is 0 Å². The minimum absolute atomic E-state index is 0.00111. The quantitative estimate of drug-likeness (QED) is 0.660. The Morgan fingerprint density at radius 3 is 2.59 bits per heavy atom. The Bertz CT molecular complexity index is 760. The van der Waals surface area contributed by atoms with Crippen molar-refractivity contribution in [2.75, 3.05) is 0 Å². The summed E-state index contributed by atoms with van der Waals surface area (Å²) in [4.78, 5) is 13.0. The molecule has 0 aliphatic heterocycles. The molecule has 1 N–H and O–H groups in total. The minimum atomic E-state index is -0.185. The number of aliphatic hydroxyl groups excluding tert-OH is 1. The van der Waals surface area contributed by atoms with Crippen molar-refractivity contribution < 1.29 is 14.6 Å². The molecular weight excluding hydrogens is 360 g/mol. The molecule has 1 aromatic carbocycles. The summed E-state index contributed by atoms with van der Waals surface area (Å²) < 4.78 is 6.31. The molecular formula is C26H36O3. The van der Waals surface area contributed by atoms with E-state index in [9.17, 15) is 9.90 Å². The van der Waals surface area contributed by atoms with Crippen molar-refractivity contribution in [1.29, 1.82) is 0 Å². The van der Waals surface area contributed by atoms with Crippen molar-refractivity contribution in [2.45, 2.75) is 83.8 Å². The summed E-state index contributed by atoms with van der Waals surface area (Å²) in [5.74, 6) is 2.09. The molecule has 4 fully saturated rings. The highest BCUT2D eigenvalue weighted by atomic mass is 16.5. The van der Waals surface area contributed by atoms with Gasteiger partial charge >= 0.3 is 5.97 Å². The van der Waals surface area contributed by atoms with Crippen LogP contribution in [0.3, 0.4) is 0 Å². The van der Waals surface area contributed by atoms with Crippen LogP contribution in [0.5, 0.6) is 0 Å². The lowest BCUT2D eigenvalue weighted by atomic mass is 9.44. The van der Waals surface area contributed by atoms with Crippen LogP contribution in [0.4, 0.5) is 0 Å². The van der Waals surface area contributed by atoms with Crippen molar-refractivity contribution in [3.63, 3.8) is 0 Å². The molecule has 5 rings (SSSR count). The lowest BCUT2D eigenvalue weighted by Crippen LogP contribution is -2.58.